The zero-order valence-corrected chi connectivity index (χ0v) is 14.0. The molecule has 1 aliphatic carbocycles. The minimum atomic E-state index is -0.0337. The number of carbonyl (C=O) groups excluding carboxylic acids is 1. The second-order valence-corrected chi connectivity index (χ2v) is 6.67. The maximum absolute atomic E-state index is 12.8. The van der Waals surface area contributed by atoms with Crippen LogP contribution < -0.4 is 0 Å². The third kappa shape index (κ3) is 3.94. The van der Waals surface area contributed by atoms with E-state index in [4.69, 9.17) is 0 Å². The lowest BCUT2D eigenvalue weighted by atomic mass is 9.96. The predicted octanol–water partition coefficient (Wildman–Crippen LogP) is 4.53. The van der Waals surface area contributed by atoms with Gasteiger partial charge < -0.3 is 0 Å². The van der Waals surface area contributed by atoms with Gasteiger partial charge in [0.2, 0.25) is 0 Å². The summed E-state index contributed by atoms with van der Waals surface area (Å²) in [5, 5.41) is 0. The Morgan fingerprint density at radius 1 is 1.14 bits per heavy atom. The van der Waals surface area contributed by atoms with Gasteiger partial charge >= 0.3 is 0 Å². The number of hydrogen-bond acceptors (Lipinski definition) is 2. The summed E-state index contributed by atoms with van der Waals surface area (Å²) in [6, 6.07) is 6.70. The van der Waals surface area contributed by atoms with E-state index >= 15 is 0 Å². The summed E-state index contributed by atoms with van der Waals surface area (Å²) in [4.78, 5) is 15.2. The number of ketones is 1. The van der Waals surface area contributed by atoms with Gasteiger partial charge in [0.05, 0.1) is 6.04 Å². The fraction of sp³-hybridized carbons (Fsp3) is 0.632. The molecule has 21 heavy (non-hydrogen) atoms. The van der Waals surface area contributed by atoms with Crippen LogP contribution in [0.5, 0.6) is 0 Å². The molecule has 2 rings (SSSR count). The molecule has 0 N–H and O–H groups in total. The maximum atomic E-state index is 12.8. The Bertz CT molecular complexity index is 486. The number of rotatable bonds is 4. The molecule has 0 spiro atoms. The SMILES string of the molecule is Cc1ccc(C)c(C(=O)C(C)N(C)C2CCCCCC2)c1. The van der Waals surface area contributed by atoms with Crippen molar-refractivity contribution in [3.63, 3.8) is 0 Å². The average Bonchev–Trinajstić information content (AvgIpc) is 2.76. The summed E-state index contributed by atoms with van der Waals surface area (Å²) in [6.07, 6.45) is 7.79. The summed E-state index contributed by atoms with van der Waals surface area (Å²) in [7, 11) is 2.13. The van der Waals surface area contributed by atoms with Gasteiger partial charge in [0.25, 0.3) is 0 Å². The molecule has 1 aromatic carbocycles. The Morgan fingerprint density at radius 2 is 1.76 bits per heavy atom. The first-order valence-electron chi connectivity index (χ1n) is 8.34. The Morgan fingerprint density at radius 3 is 2.38 bits per heavy atom. The lowest BCUT2D eigenvalue weighted by Gasteiger charge is -2.32. The second kappa shape index (κ2) is 7.22. The van der Waals surface area contributed by atoms with Crippen LogP contribution in [0.2, 0.25) is 0 Å². The fourth-order valence-corrected chi connectivity index (χ4v) is 3.39. The highest BCUT2D eigenvalue weighted by Crippen LogP contribution is 2.24. The minimum absolute atomic E-state index is 0.0337. The number of nitrogens with zero attached hydrogens (tertiary/aromatic N) is 1. The van der Waals surface area contributed by atoms with E-state index in [0.717, 1.165) is 16.7 Å². The fourth-order valence-electron chi connectivity index (χ4n) is 3.39. The van der Waals surface area contributed by atoms with Gasteiger partial charge in [0.15, 0.2) is 5.78 Å². The van der Waals surface area contributed by atoms with E-state index < -0.39 is 0 Å². The largest absolute Gasteiger partial charge is 0.294 e. The highest BCUT2D eigenvalue weighted by Gasteiger charge is 2.26. The normalized spacial score (nSPS) is 18.5. The standard InChI is InChI=1S/C19H29NO/c1-14-11-12-15(2)18(13-14)19(21)16(3)20(4)17-9-7-5-6-8-10-17/h11-13,16-17H,5-10H2,1-4H3. The van der Waals surface area contributed by atoms with E-state index in [1.165, 1.54) is 38.5 Å². The van der Waals surface area contributed by atoms with E-state index in [1.54, 1.807) is 0 Å². The van der Waals surface area contributed by atoms with Crippen LogP contribution in [-0.4, -0.2) is 29.8 Å². The highest BCUT2D eigenvalue weighted by atomic mass is 16.1. The Labute approximate surface area is 129 Å². The average molecular weight is 287 g/mol. The third-order valence-corrected chi connectivity index (χ3v) is 5.05. The van der Waals surface area contributed by atoms with Gasteiger partial charge in [-0.2, -0.15) is 0 Å². The summed E-state index contributed by atoms with van der Waals surface area (Å²) in [5.41, 5.74) is 3.14. The maximum Gasteiger partial charge on any atom is 0.179 e. The number of benzene rings is 1. The van der Waals surface area contributed by atoms with Crippen LogP contribution in [0.25, 0.3) is 0 Å². The van der Waals surface area contributed by atoms with E-state index in [2.05, 4.69) is 37.9 Å². The van der Waals surface area contributed by atoms with Gasteiger partial charge in [-0.15, -0.1) is 0 Å². The molecule has 1 saturated carbocycles. The zero-order chi connectivity index (χ0) is 15.4. The molecular formula is C19H29NO. The summed E-state index contributed by atoms with van der Waals surface area (Å²) >= 11 is 0. The molecular weight excluding hydrogens is 258 g/mol. The minimum Gasteiger partial charge on any atom is -0.294 e. The van der Waals surface area contributed by atoms with Crippen molar-refractivity contribution in [1.82, 2.24) is 4.90 Å². The monoisotopic (exact) mass is 287 g/mol. The van der Waals surface area contributed by atoms with Crippen molar-refractivity contribution in [3.05, 3.63) is 34.9 Å². The quantitative estimate of drug-likeness (QED) is 0.599. The molecule has 1 atom stereocenters. The molecule has 0 aliphatic heterocycles. The number of aryl methyl sites for hydroxylation is 2. The van der Waals surface area contributed by atoms with Crippen LogP contribution in [-0.2, 0) is 0 Å². The number of likely N-dealkylation sites (N-methyl/N-ethyl adjacent to an activating group) is 1. The molecule has 0 bridgehead atoms. The number of Topliss-reactive ketones (excluding diaryl/α,β-unsaturated/α-hetero) is 1. The van der Waals surface area contributed by atoms with Gasteiger partial charge in [-0.3, -0.25) is 9.69 Å². The molecule has 0 heterocycles. The molecule has 1 aliphatic rings. The number of carbonyl (C=O) groups is 1. The first kappa shape index (κ1) is 16.2. The molecule has 0 amide bonds. The predicted molar refractivity (Wildman–Crippen MR) is 89.0 cm³/mol. The van der Waals surface area contributed by atoms with Crippen molar-refractivity contribution in [1.29, 1.82) is 0 Å². The van der Waals surface area contributed by atoms with Crippen molar-refractivity contribution < 1.29 is 4.79 Å². The summed E-state index contributed by atoms with van der Waals surface area (Å²) in [5.74, 6) is 0.267. The molecule has 2 heteroatoms. The van der Waals surface area contributed by atoms with Crippen LogP contribution in [0.1, 0.15) is 66.9 Å². The Hall–Kier alpha value is -1.15. The molecule has 2 nitrogen and oxygen atoms in total. The molecule has 1 aromatic rings. The van der Waals surface area contributed by atoms with E-state index in [9.17, 15) is 4.79 Å². The number of hydrogen-bond donors (Lipinski definition) is 0. The zero-order valence-electron chi connectivity index (χ0n) is 14.0. The van der Waals surface area contributed by atoms with Crippen LogP contribution in [0.3, 0.4) is 0 Å². The third-order valence-electron chi connectivity index (χ3n) is 5.05. The lowest BCUT2D eigenvalue weighted by Crippen LogP contribution is -2.43. The van der Waals surface area contributed by atoms with Crippen molar-refractivity contribution in [2.45, 2.75) is 71.4 Å². The van der Waals surface area contributed by atoms with Gasteiger partial charge in [-0.1, -0.05) is 43.4 Å². The molecule has 0 aromatic heterocycles. The first-order valence-corrected chi connectivity index (χ1v) is 8.34. The van der Waals surface area contributed by atoms with E-state index in [1.807, 2.05) is 13.0 Å². The van der Waals surface area contributed by atoms with Crippen LogP contribution in [0.15, 0.2) is 18.2 Å². The van der Waals surface area contributed by atoms with Crippen LogP contribution in [0, 0.1) is 13.8 Å². The Balaban J connectivity index is 2.12. The molecule has 0 radical (unpaired) electrons. The van der Waals surface area contributed by atoms with Crippen molar-refractivity contribution >= 4 is 5.78 Å². The van der Waals surface area contributed by atoms with Crippen molar-refractivity contribution in [2.24, 2.45) is 0 Å². The first-order chi connectivity index (χ1) is 10.0. The van der Waals surface area contributed by atoms with Crippen molar-refractivity contribution in [3.8, 4) is 0 Å². The molecule has 0 saturated heterocycles. The second-order valence-electron chi connectivity index (χ2n) is 6.67. The van der Waals surface area contributed by atoms with Gasteiger partial charge in [-0.25, -0.2) is 0 Å². The smallest absolute Gasteiger partial charge is 0.179 e. The Kier molecular flexibility index (Phi) is 5.58. The molecule has 1 fully saturated rings. The highest BCUT2D eigenvalue weighted by molar-refractivity contribution is 6.01. The van der Waals surface area contributed by atoms with E-state index in [-0.39, 0.29) is 11.8 Å². The molecule has 116 valence electrons. The van der Waals surface area contributed by atoms with Gasteiger partial charge in [0, 0.05) is 11.6 Å². The summed E-state index contributed by atoms with van der Waals surface area (Å²) in [6.45, 7) is 6.15. The summed E-state index contributed by atoms with van der Waals surface area (Å²) < 4.78 is 0. The van der Waals surface area contributed by atoms with Crippen molar-refractivity contribution in [2.75, 3.05) is 7.05 Å². The van der Waals surface area contributed by atoms with Gasteiger partial charge in [-0.05, 0) is 52.3 Å². The topological polar surface area (TPSA) is 20.3 Å². The van der Waals surface area contributed by atoms with Gasteiger partial charge in [0.1, 0.15) is 0 Å². The lowest BCUT2D eigenvalue weighted by molar-refractivity contribution is 0.0801. The van der Waals surface area contributed by atoms with Crippen LogP contribution >= 0.6 is 0 Å². The van der Waals surface area contributed by atoms with E-state index in [0.29, 0.717) is 6.04 Å². The van der Waals surface area contributed by atoms with Crippen LogP contribution in [0.4, 0.5) is 0 Å². The molecule has 1 unspecified atom stereocenters.